The maximum Gasteiger partial charge on any atom is 0.254 e. The number of benzene rings is 2. The van der Waals surface area contributed by atoms with Gasteiger partial charge in [-0.15, -0.1) is 0 Å². The average Bonchev–Trinajstić information content (AvgIpc) is 3.40. The normalized spacial score (nSPS) is 20.5. The Bertz CT molecular complexity index is 1150. The summed E-state index contributed by atoms with van der Waals surface area (Å²) in [5.41, 5.74) is 8.87. The molecule has 3 aromatic rings. The number of aryl methyl sites for hydroxylation is 3. The van der Waals surface area contributed by atoms with E-state index in [1.54, 1.807) is 0 Å². The quantitative estimate of drug-likeness (QED) is 0.696. The second-order valence-corrected chi connectivity index (χ2v) is 9.11. The van der Waals surface area contributed by atoms with Crippen molar-refractivity contribution in [2.45, 2.75) is 58.2 Å². The first-order valence-electron chi connectivity index (χ1n) is 11.1. The molecule has 5 nitrogen and oxygen atoms in total. The number of aliphatic hydroxyl groups is 1. The number of carbonyl (C=O) groups excluding carboxylic acids is 1. The lowest BCUT2D eigenvalue weighted by molar-refractivity contribution is 0.0479. The average molecular weight is 416 g/mol. The fourth-order valence-corrected chi connectivity index (χ4v) is 5.20. The maximum atomic E-state index is 13.1. The van der Waals surface area contributed by atoms with Crippen molar-refractivity contribution < 1.29 is 9.90 Å². The van der Waals surface area contributed by atoms with Gasteiger partial charge in [-0.3, -0.25) is 9.48 Å². The number of aromatic nitrogens is 2. The molecule has 1 fully saturated rings. The molecule has 2 heterocycles. The van der Waals surface area contributed by atoms with Crippen LogP contribution in [0.15, 0.2) is 42.6 Å². The van der Waals surface area contributed by atoms with Gasteiger partial charge in [0, 0.05) is 30.9 Å². The van der Waals surface area contributed by atoms with E-state index in [9.17, 15) is 9.90 Å². The smallest absolute Gasteiger partial charge is 0.254 e. The summed E-state index contributed by atoms with van der Waals surface area (Å²) in [4.78, 5) is 15.0. The number of fused-ring (bicyclic) bond motifs is 1. The van der Waals surface area contributed by atoms with Crippen molar-refractivity contribution in [2.75, 3.05) is 0 Å². The second kappa shape index (κ2) is 7.65. The molecule has 1 aliphatic carbocycles. The van der Waals surface area contributed by atoms with Crippen LogP contribution in [-0.4, -0.2) is 37.8 Å². The third-order valence-electron chi connectivity index (χ3n) is 6.91. The number of hydrogen-bond acceptors (Lipinski definition) is 3. The van der Waals surface area contributed by atoms with E-state index in [0.29, 0.717) is 6.54 Å². The van der Waals surface area contributed by atoms with Gasteiger partial charge in [0.2, 0.25) is 0 Å². The molecule has 0 unspecified atom stereocenters. The molecule has 0 spiro atoms. The molecule has 160 valence electrons. The summed E-state index contributed by atoms with van der Waals surface area (Å²) in [7, 11) is 1.94. The summed E-state index contributed by atoms with van der Waals surface area (Å²) in [6, 6.07) is 12.8. The van der Waals surface area contributed by atoms with Crippen molar-refractivity contribution in [2.24, 2.45) is 7.05 Å². The van der Waals surface area contributed by atoms with Crippen LogP contribution in [0.5, 0.6) is 0 Å². The molecule has 0 radical (unpaired) electrons. The van der Waals surface area contributed by atoms with E-state index >= 15 is 0 Å². The standard InChI is InChI=1S/C26H29N3O2/c1-16-11-21-14-29(24-5-4-6-25(24)30)26(31)22(21)13-20(16)12-18-7-9-19(10-8-18)23-15-28(3)27-17(23)2/h7-11,13,15,24-25,30H,4-6,12,14H2,1-3H3/t24-,25-/m1/s1. The van der Waals surface area contributed by atoms with Crippen LogP contribution in [0.4, 0.5) is 0 Å². The largest absolute Gasteiger partial charge is 0.391 e. The molecule has 0 saturated heterocycles. The molecule has 0 bridgehead atoms. The molecular weight excluding hydrogens is 386 g/mol. The molecule has 1 aliphatic heterocycles. The highest BCUT2D eigenvalue weighted by Gasteiger charge is 2.38. The first kappa shape index (κ1) is 20.0. The van der Waals surface area contributed by atoms with Gasteiger partial charge in [-0.05, 0) is 73.4 Å². The van der Waals surface area contributed by atoms with Crippen molar-refractivity contribution in [3.8, 4) is 11.1 Å². The highest BCUT2D eigenvalue weighted by atomic mass is 16.3. The maximum absolute atomic E-state index is 13.1. The van der Waals surface area contributed by atoms with Crippen molar-refractivity contribution in [3.63, 3.8) is 0 Å². The zero-order chi connectivity index (χ0) is 21.7. The molecule has 2 atom stereocenters. The molecule has 5 heteroatoms. The molecule has 1 aromatic heterocycles. The van der Waals surface area contributed by atoms with Crippen LogP contribution in [-0.2, 0) is 20.0 Å². The van der Waals surface area contributed by atoms with Gasteiger partial charge in [0.15, 0.2) is 0 Å². The fraction of sp³-hybridized carbons (Fsp3) is 0.385. The molecule has 2 aromatic carbocycles. The van der Waals surface area contributed by atoms with Crippen molar-refractivity contribution in [1.82, 2.24) is 14.7 Å². The minimum Gasteiger partial charge on any atom is -0.391 e. The third-order valence-corrected chi connectivity index (χ3v) is 6.91. The Labute approximate surface area is 183 Å². The molecule has 1 N–H and O–H groups in total. The molecule has 1 saturated carbocycles. The van der Waals surface area contributed by atoms with E-state index in [-0.39, 0.29) is 18.1 Å². The van der Waals surface area contributed by atoms with E-state index in [0.717, 1.165) is 48.1 Å². The Morgan fingerprint density at radius 3 is 2.52 bits per heavy atom. The number of aliphatic hydroxyl groups excluding tert-OH is 1. The summed E-state index contributed by atoms with van der Waals surface area (Å²) in [6.45, 7) is 4.78. The number of rotatable bonds is 4. The third kappa shape index (κ3) is 3.57. The number of carbonyl (C=O) groups is 1. The van der Waals surface area contributed by atoms with Gasteiger partial charge in [0.25, 0.3) is 5.91 Å². The lowest BCUT2D eigenvalue weighted by atomic mass is 9.95. The lowest BCUT2D eigenvalue weighted by Gasteiger charge is -2.26. The second-order valence-electron chi connectivity index (χ2n) is 9.11. The first-order chi connectivity index (χ1) is 14.9. The SMILES string of the molecule is Cc1cc2c(cc1Cc1ccc(-c3cn(C)nc3C)cc1)C(=O)N([C@@H]1CCC[C@H]1O)C2. The van der Waals surface area contributed by atoms with Gasteiger partial charge in [-0.25, -0.2) is 0 Å². The molecular formula is C26H29N3O2. The van der Waals surface area contributed by atoms with Crippen LogP contribution in [0.25, 0.3) is 11.1 Å². The van der Waals surface area contributed by atoms with Gasteiger partial charge < -0.3 is 10.0 Å². The summed E-state index contributed by atoms with van der Waals surface area (Å²) in [6.07, 6.45) is 5.14. The summed E-state index contributed by atoms with van der Waals surface area (Å²) < 4.78 is 1.84. The summed E-state index contributed by atoms with van der Waals surface area (Å²) >= 11 is 0. The highest BCUT2D eigenvalue weighted by molar-refractivity contribution is 5.99. The lowest BCUT2D eigenvalue weighted by Crippen LogP contribution is -2.40. The van der Waals surface area contributed by atoms with Crippen LogP contribution in [0.2, 0.25) is 0 Å². The van der Waals surface area contributed by atoms with Crippen molar-refractivity contribution in [1.29, 1.82) is 0 Å². The van der Waals surface area contributed by atoms with Gasteiger partial charge in [0.1, 0.15) is 0 Å². The monoisotopic (exact) mass is 415 g/mol. The predicted molar refractivity (Wildman–Crippen MR) is 121 cm³/mol. The van der Waals surface area contributed by atoms with E-state index in [1.807, 2.05) is 29.7 Å². The van der Waals surface area contributed by atoms with E-state index in [1.165, 1.54) is 22.3 Å². The van der Waals surface area contributed by atoms with Crippen LogP contribution >= 0.6 is 0 Å². The summed E-state index contributed by atoms with van der Waals surface area (Å²) in [5, 5.41) is 14.7. The highest BCUT2D eigenvalue weighted by Crippen LogP contribution is 2.34. The van der Waals surface area contributed by atoms with Gasteiger partial charge >= 0.3 is 0 Å². The number of hydrogen-bond donors (Lipinski definition) is 1. The fourth-order valence-electron chi connectivity index (χ4n) is 5.20. The van der Waals surface area contributed by atoms with Gasteiger partial charge in [-0.2, -0.15) is 5.10 Å². The molecule has 1 amide bonds. The van der Waals surface area contributed by atoms with Crippen LogP contribution in [0.3, 0.4) is 0 Å². The van der Waals surface area contributed by atoms with E-state index in [2.05, 4.69) is 48.4 Å². The van der Waals surface area contributed by atoms with Crippen molar-refractivity contribution in [3.05, 3.63) is 76.1 Å². The first-order valence-corrected chi connectivity index (χ1v) is 11.1. The van der Waals surface area contributed by atoms with E-state index in [4.69, 9.17) is 0 Å². The Hall–Kier alpha value is -2.92. The van der Waals surface area contributed by atoms with Gasteiger partial charge in [0.05, 0.1) is 17.8 Å². The Morgan fingerprint density at radius 2 is 1.87 bits per heavy atom. The summed E-state index contributed by atoms with van der Waals surface area (Å²) in [5.74, 6) is 0.0737. The van der Waals surface area contributed by atoms with E-state index < -0.39 is 0 Å². The van der Waals surface area contributed by atoms with Gasteiger partial charge in [-0.1, -0.05) is 30.3 Å². The van der Waals surface area contributed by atoms with Crippen LogP contribution < -0.4 is 0 Å². The predicted octanol–water partition coefficient (Wildman–Crippen LogP) is 4.16. The van der Waals surface area contributed by atoms with Crippen LogP contribution in [0, 0.1) is 13.8 Å². The molecule has 5 rings (SSSR count). The number of amides is 1. The minimum absolute atomic E-state index is 0.0351. The molecule has 31 heavy (non-hydrogen) atoms. The van der Waals surface area contributed by atoms with Crippen molar-refractivity contribution >= 4 is 5.91 Å². The minimum atomic E-state index is -0.388. The van der Waals surface area contributed by atoms with Crippen LogP contribution in [0.1, 0.15) is 57.6 Å². The number of nitrogens with zero attached hydrogens (tertiary/aromatic N) is 3. The molecule has 2 aliphatic rings. The zero-order valence-corrected chi connectivity index (χ0v) is 18.4. The Kier molecular flexibility index (Phi) is 4.94. The Balaban J connectivity index is 1.37. The topological polar surface area (TPSA) is 58.4 Å². The zero-order valence-electron chi connectivity index (χ0n) is 18.4. The Morgan fingerprint density at radius 1 is 1.10 bits per heavy atom.